The number of likely N-dealkylation sites (N-methyl/N-ethyl adjacent to an activating group) is 1. The minimum Gasteiger partial charge on any atom is -0.394 e. The summed E-state index contributed by atoms with van der Waals surface area (Å²) in [7, 11) is 1.48. The average Bonchev–Trinajstić information content (AvgIpc) is 2.90. The zero-order valence-corrected chi connectivity index (χ0v) is 21.3. The topological polar surface area (TPSA) is 255 Å². The van der Waals surface area contributed by atoms with E-state index in [1.165, 1.54) is 14.0 Å². The Balaban J connectivity index is 1.91. The van der Waals surface area contributed by atoms with Gasteiger partial charge in [0.1, 0.15) is 61.0 Å². The summed E-state index contributed by atoms with van der Waals surface area (Å²) in [4.78, 5) is 0. The second-order valence-corrected chi connectivity index (χ2v) is 9.63. The smallest absolute Gasteiger partial charge is 0.187 e. The summed E-state index contributed by atoms with van der Waals surface area (Å²) in [6, 6.07) is -1.03. The molecule has 16 nitrogen and oxygen atoms in total. The van der Waals surface area contributed by atoms with E-state index >= 15 is 0 Å². The predicted molar refractivity (Wildman–Crippen MR) is 124 cm³/mol. The van der Waals surface area contributed by atoms with Gasteiger partial charge in [-0.05, 0) is 26.9 Å². The molecule has 0 bridgehead atoms. The molecule has 0 radical (unpaired) electrons. The van der Waals surface area contributed by atoms with Gasteiger partial charge in [-0.2, -0.15) is 0 Å². The quantitative estimate of drug-likeness (QED) is 0.106. The highest BCUT2D eigenvalue weighted by Gasteiger charge is 2.54. The highest BCUT2D eigenvalue weighted by molar-refractivity contribution is 4.97. The zero-order chi connectivity index (χ0) is 28.1. The van der Waals surface area contributed by atoms with Crippen LogP contribution in [-0.4, -0.2) is 166 Å². The highest BCUT2D eigenvalue weighted by atomic mass is 16.8. The van der Waals surface area contributed by atoms with Gasteiger partial charge in [-0.25, -0.2) is 0 Å². The maximum atomic E-state index is 11.1. The van der Waals surface area contributed by atoms with Crippen LogP contribution < -0.4 is 11.1 Å². The van der Waals surface area contributed by atoms with E-state index in [1.54, 1.807) is 0 Å². The first kappa shape index (κ1) is 31.9. The Morgan fingerprint density at radius 2 is 1.32 bits per heavy atom. The van der Waals surface area contributed by atoms with E-state index < -0.39 is 105 Å². The summed E-state index contributed by atoms with van der Waals surface area (Å²) >= 11 is 0. The first-order valence-corrected chi connectivity index (χ1v) is 12.7. The minimum atomic E-state index is -1.70. The molecule has 16 heteroatoms. The normalized spacial score (nSPS) is 48.2. The fraction of sp³-hybridized carbons (Fsp3) is 1.00. The summed E-state index contributed by atoms with van der Waals surface area (Å²) in [6.07, 6.45) is -19.1. The lowest BCUT2D eigenvalue weighted by Crippen LogP contribution is -2.68. The standard InChI is InChI=1S/C22H42N2O14/c1-8-12(27)16(31)17(32)21(34-8)38-19-18(14(29)10(7-26)36-22(19)33-5-3-4-23)37-20-11(24-2)15(30)13(28)9(6-25)35-20/h8-22,24-32H,3-7,23H2,1-2H3. The molecule has 0 spiro atoms. The van der Waals surface area contributed by atoms with Gasteiger partial charge in [0.2, 0.25) is 0 Å². The van der Waals surface area contributed by atoms with E-state index in [0.29, 0.717) is 13.0 Å². The van der Waals surface area contributed by atoms with Crippen LogP contribution in [0.3, 0.4) is 0 Å². The van der Waals surface area contributed by atoms with E-state index in [4.69, 9.17) is 34.2 Å². The molecule has 0 aromatic heterocycles. The van der Waals surface area contributed by atoms with E-state index in [9.17, 15) is 40.9 Å². The lowest BCUT2D eigenvalue weighted by Gasteiger charge is -2.49. The van der Waals surface area contributed by atoms with Gasteiger partial charge in [-0.1, -0.05) is 0 Å². The fourth-order valence-corrected chi connectivity index (χ4v) is 4.70. The molecule has 0 aromatic rings. The molecular formula is C22H42N2O14. The van der Waals surface area contributed by atoms with Gasteiger partial charge < -0.3 is 80.3 Å². The highest BCUT2D eigenvalue weighted by Crippen LogP contribution is 2.33. The molecule has 11 N–H and O–H groups in total. The predicted octanol–water partition coefficient (Wildman–Crippen LogP) is -5.95. The fourth-order valence-electron chi connectivity index (χ4n) is 4.70. The van der Waals surface area contributed by atoms with Gasteiger partial charge in [0.05, 0.1) is 32.0 Å². The summed E-state index contributed by atoms with van der Waals surface area (Å²) < 4.78 is 34.6. The minimum absolute atomic E-state index is 0.0877. The Morgan fingerprint density at radius 3 is 1.92 bits per heavy atom. The molecular weight excluding hydrogens is 516 g/mol. The monoisotopic (exact) mass is 558 g/mol. The van der Waals surface area contributed by atoms with Crippen molar-refractivity contribution in [1.82, 2.24) is 5.32 Å². The van der Waals surface area contributed by atoms with Crippen LogP contribution in [0.1, 0.15) is 13.3 Å². The molecule has 224 valence electrons. The van der Waals surface area contributed by atoms with Crippen LogP contribution in [-0.2, 0) is 28.4 Å². The third-order valence-electron chi connectivity index (χ3n) is 7.03. The molecule has 3 fully saturated rings. The van der Waals surface area contributed by atoms with E-state index in [2.05, 4.69) is 5.32 Å². The second-order valence-electron chi connectivity index (χ2n) is 9.63. The Kier molecular flexibility index (Phi) is 12.0. The van der Waals surface area contributed by atoms with Gasteiger partial charge >= 0.3 is 0 Å². The second kappa shape index (κ2) is 14.3. The Labute approximate surface area is 219 Å². The molecule has 15 unspecified atom stereocenters. The number of nitrogens with one attached hydrogen (secondary N) is 1. The molecule has 3 saturated heterocycles. The van der Waals surface area contributed by atoms with Crippen LogP contribution in [0.15, 0.2) is 0 Å². The molecule has 15 atom stereocenters. The van der Waals surface area contributed by atoms with Crippen molar-refractivity contribution in [2.75, 3.05) is 33.4 Å². The number of aliphatic hydroxyl groups is 8. The lowest BCUT2D eigenvalue weighted by molar-refractivity contribution is -0.385. The molecule has 0 amide bonds. The van der Waals surface area contributed by atoms with Crippen molar-refractivity contribution in [3.8, 4) is 0 Å². The Hall–Kier alpha value is -0.640. The molecule has 3 aliphatic heterocycles. The SMILES string of the molecule is CNC1C(OC2C(O)C(CO)OC(OCCCN)C2OC2OC(C)C(O)C(O)C2O)OC(CO)C(O)C1O. The maximum Gasteiger partial charge on any atom is 0.187 e. The van der Waals surface area contributed by atoms with Gasteiger partial charge in [0.25, 0.3) is 0 Å². The van der Waals surface area contributed by atoms with Crippen molar-refractivity contribution in [3.63, 3.8) is 0 Å². The molecule has 3 rings (SSSR count). The van der Waals surface area contributed by atoms with Gasteiger partial charge in [-0.3, -0.25) is 0 Å². The van der Waals surface area contributed by atoms with Crippen LogP contribution in [0.25, 0.3) is 0 Å². The third-order valence-corrected chi connectivity index (χ3v) is 7.03. The average molecular weight is 559 g/mol. The summed E-state index contributed by atoms with van der Waals surface area (Å²) in [5.74, 6) is 0. The van der Waals surface area contributed by atoms with Crippen molar-refractivity contribution in [2.45, 2.75) is 105 Å². The molecule has 0 aromatic carbocycles. The molecule has 3 aliphatic rings. The number of hydrogen-bond donors (Lipinski definition) is 10. The number of aliphatic hydroxyl groups excluding tert-OH is 8. The lowest BCUT2D eigenvalue weighted by atomic mass is 9.95. The molecule has 0 aliphatic carbocycles. The van der Waals surface area contributed by atoms with Crippen molar-refractivity contribution < 1.29 is 69.3 Å². The van der Waals surface area contributed by atoms with E-state index in [1.807, 2.05) is 0 Å². The molecule has 0 saturated carbocycles. The summed E-state index contributed by atoms with van der Waals surface area (Å²) in [5.41, 5.74) is 5.55. The van der Waals surface area contributed by atoms with Crippen molar-refractivity contribution in [2.24, 2.45) is 5.73 Å². The zero-order valence-electron chi connectivity index (χ0n) is 21.3. The molecule has 3 heterocycles. The maximum absolute atomic E-state index is 11.1. The number of nitrogens with two attached hydrogens (primary N) is 1. The first-order chi connectivity index (χ1) is 18.1. The number of ether oxygens (including phenoxy) is 6. The van der Waals surface area contributed by atoms with Gasteiger partial charge in [0.15, 0.2) is 18.9 Å². The third kappa shape index (κ3) is 6.80. The van der Waals surface area contributed by atoms with E-state index in [-0.39, 0.29) is 6.61 Å². The summed E-state index contributed by atoms with van der Waals surface area (Å²) in [5, 5.41) is 84.9. The number of rotatable bonds is 11. The Morgan fingerprint density at radius 1 is 0.711 bits per heavy atom. The van der Waals surface area contributed by atoms with Crippen LogP contribution in [0.2, 0.25) is 0 Å². The van der Waals surface area contributed by atoms with Crippen molar-refractivity contribution in [1.29, 1.82) is 0 Å². The first-order valence-electron chi connectivity index (χ1n) is 12.7. The largest absolute Gasteiger partial charge is 0.394 e. The van der Waals surface area contributed by atoms with Crippen LogP contribution >= 0.6 is 0 Å². The van der Waals surface area contributed by atoms with Crippen LogP contribution in [0.5, 0.6) is 0 Å². The van der Waals surface area contributed by atoms with Gasteiger partial charge in [0, 0.05) is 0 Å². The van der Waals surface area contributed by atoms with Gasteiger partial charge in [-0.15, -0.1) is 0 Å². The summed E-state index contributed by atoms with van der Waals surface area (Å²) in [6.45, 7) is 0.553. The number of hydrogen-bond acceptors (Lipinski definition) is 16. The van der Waals surface area contributed by atoms with Crippen molar-refractivity contribution >= 4 is 0 Å². The van der Waals surface area contributed by atoms with Crippen molar-refractivity contribution in [3.05, 3.63) is 0 Å². The van der Waals surface area contributed by atoms with Crippen LogP contribution in [0.4, 0.5) is 0 Å². The van der Waals surface area contributed by atoms with Crippen LogP contribution in [0, 0.1) is 0 Å². The van der Waals surface area contributed by atoms with E-state index in [0.717, 1.165) is 0 Å². The molecule has 38 heavy (non-hydrogen) atoms. The Bertz CT molecular complexity index is 711.